The maximum absolute atomic E-state index is 13.5. The lowest BCUT2D eigenvalue weighted by atomic mass is 10.1. The minimum absolute atomic E-state index is 0.0244. The van der Waals surface area contributed by atoms with Gasteiger partial charge in [-0.1, -0.05) is 35.3 Å². The second-order valence-electron chi connectivity index (χ2n) is 8.64. The Morgan fingerprint density at radius 2 is 1.55 bits per heavy atom. The van der Waals surface area contributed by atoms with E-state index < -0.39 is 15.9 Å². The summed E-state index contributed by atoms with van der Waals surface area (Å²) in [4.78, 5) is 14.9. The van der Waals surface area contributed by atoms with Crippen molar-refractivity contribution in [3.8, 4) is 23.0 Å². The molecule has 0 atom stereocenters. The molecule has 0 heterocycles. The Hall–Kier alpha value is -3.92. The van der Waals surface area contributed by atoms with Gasteiger partial charge in [-0.25, -0.2) is 8.42 Å². The van der Waals surface area contributed by atoms with Crippen LogP contribution in [0.1, 0.15) is 15.9 Å². The summed E-state index contributed by atoms with van der Waals surface area (Å²) < 4.78 is 45.4. The predicted octanol–water partition coefficient (Wildman–Crippen LogP) is 6.88. The highest BCUT2D eigenvalue weighted by atomic mass is 35.5. The zero-order valence-corrected chi connectivity index (χ0v) is 24.2. The van der Waals surface area contributed by atoms with Crippen molar-refractivity contribution in [3.05, 3.63) is 106 Å². The van der Waals surface area contributed by atoms with Gasteiger partial charge in [-0.15, -0.1) is 0 Å². The molecule has 0 radical (unpaired) electrons. The van der Waals surface area contributed by atoms with Crippen LogP contribution in [0.15, 0.2) is 89.8 Å². The average molecular weight is 602 g/mol. The van der Waals surface area contributed by atoms with Crippen molar-refractivity contribution in [3.63, 3.8) is 0 Å². The lowest BCUT2D eigenvalue weighted by Gasteiger charge is -2.21. The zero-order chi connectivity index (χ0) is 28.9. The number of methoxy groups -OCH3 is 2. The second-order valence-corrected chi connectivity index (χ2v) is 11.2. The van der Waals surface area contributed by atoms with Crippen molar-refractivity contribution >= 4 is 44.8 Å². The molecule has 0 fully saturated rings. The van der Waals surface area contributed by atoms with E-state index in [1.807, 2.05) is 0 Å². The Morgan fingerprint density at radius 3 is 2.23 bits per heavy atom. The first kappa shape index (κ1) is 29.1. The molecule has 0 saturated carbocycles. The number of carbonyl (C=O) groups is 1. The zero-order valence-electron chi connectivity index (χ0n) is 21.9. The molecule has 11 heteroatoms. The SMILES string of the molecule is COc1ccc(CN(C)C(=O)c2cc(Cl)ccc2NS(=O)(=O)c2ccc(Oc3ccccc3Cl)cc2)c(OC)c1. The lowest BCUT2D eigenvalue weighted by Crippen LogP contribution is -2.28. The number of carbonyl (C=O) groups excluding carboxylic acids is 1. The summed E-state index contributed by atoms with van der Waals surface area (Å²) in [6.45, 7) is 0.192. The second kappa shape index (κ2) is 12.5. The molecule has 4 aromatic carbocycles. The number of benzene rings is 4. The van der Waals surface area contributed by atoms with E-state index in [4.69, 9.17) is 37.4 Å². The van der Waals surface area contributed by atoms with E-state index in [1.165, 1.54) is 54.5 Å². The quantitative estimate of drug-likeness (QED) is 0.213. The molecule has 1 amide bonds. The maximum atomic E-state index is 13.5. The monoisotopic (exact) mass is 600 g/mol. The first-order valence-electron chi connectivity index (χ1n) is 11.9. The maximum Gasteiger partial charge on any atom is 0.261 e. The molecule has 0 unspecified atom stereocenters. The predicted molar refractivity (Wildman–Crippen MR) is 156 cm³/mol. The molecule has 208 valence electrons. The van der Waals surface area contributed by atoms with Gasteiger partial charge in [0.15, 0.2) is 0 Å². The molecule has 0 aliphatic rings. The molecular weight excluding hydrogens is 575 g/mol. The van der Waals surface area contributed by atoms with E-state index in [2.05, 4.69) is 4.72 Å². The van der Waals surface area contributed by atoms with Crippen LogP contribution in [0.2, 0.25) is 10.0 Å². The van der Waals surface area contributed by atoms with Gasteiger partial charge in [-0.3, -0.25) is 9.52 Å². The van der Waals surface area contributed by atoms with Gasteiger partial charge >= 0.3 is 0 Å². The molecule has 0 spiro atoms. The van der Waals surface area contributed by atoms with Crippen LogP contribution in [0.25, 0.3) is 0 Å². The van der Waals surface area contributed by atoms with Gasteiger partial charge in [0.1, 0.15) is 23.0 Å². The third kappa shape index (κ3) is 6.80. The van der Waals surface area contributed by atoms with Crippen LogP contribution >= 0.6 is 23.2 Å². The Morgan fingerprint density at radius 1 is 0.850 bits per heavy atom. The number of sulfonamides is 1. The Balaban J connectivity index is 1.54. The topological polar surface area (TPSA) is 94.2 Å². The summed E-state index contributed by atoms with van der Waals surface area (Å²) in [5.74, 6) is 1.57. The molecule has 0 aliphatic heterocycles. The fraction of sp³-hybridized carbons (Fsp3) is 0.138. The Labute approximate surface area is 243 Å². The van der Waals surface area contributed by atoms with Crippen molar-refractivity contribution in [2.45, 2.75) is 11.4 Å². The van der Waals surface area contributed by atoms with Crippen LogP contribution in [0.4, 0.5) is 5.69 Å². The highest BCUT2D eigenvalue weighted by Gasteiger charge is 2.22. The molecule has 40 heavy (non-hydrogen) atoms. The van der Waals surface area contributed by atoms with Gasteiger partial charge in [0.05, 0.1) is 35.4 Å². The normalized spacial score (nSPS) is 11.0. The summed E-state index contributed by atoms with van der Waals surface area (Å²) in [7, 11) is 0.615. The summed E-state index contributed by atoms with van der Waals surface area (Å²) in [6, 6.07) is 22.4. The largest absolute Gasteiger partial charge is 0.497 e. The molecule has 1 N–H and O–H groups in total. The first-order valence-corrected chi connectivity index (χ1v) is 14.2. The van der Waals surface area contributed by atoms with Crippen LogP contribution < -0.4 is 18.9 Å². The third-order valence-electron chi connectivity index (χ3n) is 5.90. The molecule has 4 rings (SSSR count). The molecule has 0 aliphatic carbocycles. The third-order valence-corrected chi connectivity index (χ3v) is 7.83. The number of hydrogen-bond donors (Lipinski definition) is 1. The van der Waals surface area contributed by atoms with E-state index in [-0.39, 0.29) is 27.7 Å². The number of halogens is 2. The first-order chi connectivity index (χ1) is 19.1. The van der Waals surface area contributed by atoms with Gasteiger partial charge in [0.2, 0.25) is 0 Å². The fourth-order valence-electron chi connectivity index (χ4n) is 3.84. The van der Waals surface area contributed by atoms with Gasteiger partial charge in [0.25, 0.3) is 15.9 Å². The number of ether oxygens (including phenoxy) is 3. The average Bonchev–Trinajstić information content (AvgIpc) is 2.95. The van der Waals surface area contributed by atoms with Crippen molar-refractivity contribution < 1.29 is 27.4 Å². The van der Waals surface area contributed by atoms with E-state index in [0.717, 1.165) is 5.56 Å². The number of para-hydroxylation sites is 1. The number of hydrogen-bond acceptors (Lipinski definition) is 6. The van der Waals surface area contributed by atoms with Gasteiger partial charge in [-0.2, -0.15) is 0 Å². The highest BCUT2D eigenvalue weighted by molar-refractivity contribution is 7.92. The molecular formula is C29H26Cl2N2O6S. The van der Waals surface area contributed by atoms with E-state index in [1.54, 1.807) is 56.6 Å². The minimum atomic E-state index is -4.06. The van der Waals surface area contributed by atoms with Crippen molar-refractivity contribution in [2.24, 2.45) is 0 Å². The fourth-order valence-corrected chi connectivity index (χ4v) is 5.27. The van der Waals surface area contributed by atoms with Crippen molar-refractivity contribution in [2.75, 3.05) is 26.0 Å². The van der Waals surface area contributed by atoms with Crippen LogP contribution in [0.5, 0.6) is 23.0 Å². The van der Waals surface area contributed by atoms with E-state index in [0.29, 0.717) is 28.0 Å². The van der Waals surface area contributed by atoms with E-state index in [9.17, 15) is 13.2 Å². The Bertz CT molecular complexity index is 1630. The van der Waals surface area contributed by atoms with Crippen LogP contribution in [0, 0.1) is 0 Å². The molecule has 0 bridgehead atoms. The van der Waals surface area contributed by atoms with Gasteiger partial charge in [0, 0.05) is 30.2 Å². The summed E-state index contributed by atoms with van der Waals surface area (Å²) in [5.41, 5.74) is 0.909. The Kier molecular flexibility index (Phi) is 9.09. The number of rotatable bonds is 10. The molecule has 0 saturated heterocycles. The smallest absolute Gasteiger partial charge is 0.261 e. The number of anilines is 1. The standard InChI is InChI=1S/C29H26Cl2N2O6S/c1-33(18-19-8-10-22(37-2)17-28(19)38-3)29(34)24-16-20(30)9-15-26(24)32-40(35,36)23-13-11-21(12-14-23)39-27-7-5-4-6-25(27)31/h4-17,32H,18H2,1-3H3. The summed E-state index contributed by atoms with van der Waals surface area (Å²) in [6.07, 6.45) is 0. The van der Waals surface area contributed by atoms with Gasteiger partial charge < -0.3 is 19.1 Å². The van der Waals surface area contributed by atoms with Crippen LogP contribution in [0.3, 0.4) is 0 Å². The molecule has 4 aromatic rings. The van der Waals surface area contributed by atoms with E-state index >= 15 is 0 Å². The minimum Gasteiger partial charge on any atom is -0.497 e. The van der Waals surface area contributed by atoms with Crippen LogP contribution in [-0.2, 0) is 16.6 Å². The molecule has 8 nitrogen and oxygen atoms in total. The number of nitrogens with zero attached hydrogens (tertiary/aromatic N) is 1. The van der Waals surface area contributed by atoms with Crippen LogP contribution in [-0.4, -0.2) is 40.5 Å². The summed E-state index contributed by atoms with van der Waals surface area (Å²) >= 11 is 12.3. The highest BCUT2D eigenvalue weighted by Crippen LogP contribution is 2.31. The number of amides is 1. The van der Waals surface area contributed by atoms with Crippen molar-refractivity contribution in [1.82, 2.24) is 4.90 Å². The number of nitrogens with one attached hydrogen (secondary N) is 1. The lowest BCUT2D eigenvalue weighted by molar-refractivity contribution is 0.0785. The summed E-state index contributed by atoms with van der Waals surface area (Å²) in [5, 5.41) is 0.707. The molecule has 0 aromatic heterocycles. The van der Waals surface area contributed by atoms with Gasteiger partial charge in [-0.05, 0) is 66.7 Å². The van der Waals surface area contributed by atoms with Crippen molar-refractivity contribution in [1.29, 1.82) is 0 Å².